The number of sulfonamides is 1. The van der Waals surface area contributed by atoms with E-state index in [1.165, 1.54) is 18.7 Å². The zero-order chi connectivity index (χ0) is 28.7. The third kappa shape index (κ3) is 4.91. The van der Waals surface area contributed by atoms with Gasteiger partial charge in [0.25, 0.3) is 5.69 Å². The topological polar surface area (TPSA) is 84.6 Å². The van der Waals surface area contributed by atoms with Gasteiger partial charge in [-0.2, -0.15) is 8.42 Å². The predicted molar refractivity (Wildman–Crippen MR) is 161 cm³/mol. The summed E-state index contributed by atoms with van der Waals surface area (Å²) in [4.78, 5) is 14.0. The molecule has 0 amide bonds. The minimum absolute atomic E-state index is 0.103. The fourth-order valence-corrected chi connectivity index (χ4v) is 8.25. The number of nitrogens with zero attached hydrogens (tertiary/aromatic N) is 1. The highest BCUT2D eigenvalue weighted by molar-refractivity contribution is 7.91. The highest BCUT2D eigenvalue weighted by Gasteiger charge is 2.50. The first-order valence-corrected chi connectivity index (χ1v) is 15.9. The van der Waals surface area contributed by atoms with E-state index in [4.69, 9.17) is 4.42 Å². The third-order valence-corrected chi connectivity index (χ3v) is 11.3. The van der Waals surface area contributed by atoms with E-state index in [2.05, 4.69) is 12.1 Å². The second kappa shape index (κ2) is 10.6. The van der Waals surface area contributed by atoms with Crippen LogP contribution in [0.4, 0.5) is 11.4 Å². The summed E-state index contributed by atoms with van der Waals surface area (Å²) in [7, 11) is -2.81. The fraction of sp³-hybridized carbons (Fsp3) is 0.324. The molecule has 1 N–H and O–H groups in total. The number of rotatable bonds is 9. The van der Waals surface area contributed by atoms with Gasteiger partial charge in [0.1, 0.15) is 10.7 Å². The van der Waals surface area contributed by atoms with E-state index < -0.39 is 25.0 Å². The molecule has 2 fully saturated rings. The lowest BCUT2D eigenvalue weighted by molar-refractivity contribution is 0.294. The second-order valence-electron chi connectivity index (χ2n) is 11.7. The number of aryl methyl sites for hydroxylation is 1. The van der Waals surface area contributed by atoms with Gasteiger partial charge in [0.15, 0.2) is 11.4 Å². The molecule has 1 heterocycles. The molecule has 1 atom stereocenters. The Morgan fingerprint density at radius 2 is 1.56 bits per heavy atom. The Balaban J connectivity index is 1.47. The summed E-state index contributed by atoms with van der Waals surface area (Å²) in [6, 6.07) is 27.2. The minimum Gasteiger partial charge on any atom is -0.502 e. The maximum atomic E-state index is 14.5. The second-order valence-corrected chi connectivity index (χ2v) is 13.8. The first kappa shape index (κ1) is 27.5. The standard InChI is InChI=1S/C34H35NO5S/c1-35(28-14-6-3-7-15-28,41(38,39)29-16-10-13-27(23-29)26-17-18-26)32-30(36)24-31(40-33(32)37)34(20-8-9-21-34)22-19-25-11-4-2-5-12-25/h2-7,10-16,23-24,26H,8-9,17-22H2,1H3/p+1. The Hall–Kier alpha value is -3.68. The number of quaternary nitrogens is 1. The molecule has 212 valence electrons. The van der Waals surface area contributed by atoms with E-state index in [0.717, 1.165) is 56.9 Å². The van der Waals surface area contributed by atoms with Crippen LogP contribution in [0.1, 0.15) is 67.8 Å². The molecule has 2 aliphatic carbocycles. The number of para-hydroxylation sites is 1. The van der Waals surface area contributed by atoms with Crippen molar-refractivity contribution in [2.24, 2.45) is 0 Å². The summed E-state index contributed by atoms with van der Waals surface area (Å²) in [6.07, 6.45) is 7.36. The van der Waals surface area contributed by atoms with Crippen LogP contribution in [0, 0.1) is 0 Å². The number of hydrogen-bond donors (Lipinski definition) is 1. The predicted octanol–water partition coefficient (Wildman–Crippen LogP) is 7.33. The summed E-state index contributed by atoms with van der Waals surface area (Å²) < 4.78 is 34.1. The van der Waals surface area contributed by atoms with Crippen molar-refractivity contribution < 1.29 is 17.9 Å². The molecule has 6 rings (SSSR count). The lowest BCUT2D eigenvalue weighted by atomic mass is 9.78. The molecule has 0 spiro atoms. The molecule has 3 aromatic carbocycles. The van der Waals surface area contributed by atoms with Crippen molar-refractivity contribution in [3.05, 3.63) is 118 Å². The molecule has 0 bridgehead atoms. The van der Waals surface area contributed by atoms with Crippen molar-refractivity contribution in [2.75, 3.05) is 7.05 Å². The van der Waals surface area contributed by atoms with Crippen molar-refractivity contribution >= 4 is 21.4 Å². The van der Waals surface area contributed by atoms with Crippen molar-refractivity contribution in [1.82, 2.24) is 3.89 Å². The molecule has 0 aliphatic heterocycles. The lowest BCUT2D eigenvalue weighted by Crippen LogP contribution is -2.48. The van der Waals surface area contributed by atoms with Crippen molar-refractivity contribution in [3.63, 3.8) is 0 Å². The van der Waals surface area contributed by atoms with Crippen LogP contribution in [0.3, 0.4) is 0 Å². The molecule has 7 heteroatoms. The van der Waals surface area contributed by atoms with Gasteiger partial charge >= 0.3 is 15.6 Å². The van der Waals surface area contributed by atoms with Gasteiger partial charge in [0, 0.05) is 23.6 Å². The van der Waals surface area contributed by atoms with Crippen LogP contribution in [0.25, 0.3) is 0 Å². The van der Waals surface area contributed by atoms with Crippen molar-refractivity contribution in [1.29, 1.82) is 0 Å². The minimum atomic E-state index is -4.26. The Kier molecular flexibility index (Phi) is 7.12. The summed E-state index contributed by atoms with van der Waals surface area (Å²) in [5, 5.41) is 11.6. The fourth-order valence-electron chi connectivity index (χ4n) is 6.49. The maximum Gasteiger partial charge on any atom is 0.403 e. The molecule has 1 unspecified atom stereocenters. The first-order chi connectivity index (χ1) is 19.7. The van der Waals surface area contributed by atoms with Crippen LogP contribution in [-0.2, 0) is 21.9 Å². The molecular formula is C34H36NO5S+. The van der Waals surface area contributed by atoms with Crippen molar-refractivity contribution in [2.45, 2.75) is 67.6 Å². The summed E-state index contributed by atoms with van der Waals surface area (Å²) >= 11 is 0. The molecule has 0 saturated heterocycles. The zero-order valence-corrected chi connectivity index (χ0v) is 24.1. The van der Waals surface area contributed by atoms with Crippen LogP contribution in [0.15, 0.2) is 105 Å². The molecule has 6 nitrogen and oxygen atoms in total. The average Bonchev–Trinajstić information content (AvgIpc) is 3.73. The normalized spacial score (nSPS) is 18.2. The van der Waals surface area contributed by atoms with Crippen LogP contribution >= 0.6 is 0 Å². The molecule has 2 aliphatic rings. The van der Waals surface area contributed by atoms with Gasteiger partial charge < -0.3 is 9.52 Å². The number of hydrogen-bond acceptors (Lipinski definition) is 5. The van der Waals surface area contributed by atoms with Gasteiger partial charge in [-0.3, -0.25) is 0 Å². The number of aromatic hydroxyl groups is 1. The van der Waals surface area contributed by atoms with Crippen LogP contribution < -0.4 is 9.51 Å². The molecule has 0 radical (unpaired) electrons. The first-order valence-electron chi connectivity index (χ1n) is 14.4. The largest absolute Gasteiger partial charge is 0.502 e. The Morgan fingerprint density at radius 3 is 2.20 bits per heavy atom. The van der Waals surface area contributed by atoms with E-state index in [0.29, 0.717) is 17.4 Å². The van der Waals surface area contributed by atoms with Gasteiger partial charge in [0.05, 0.1) is 7.05 Å². The molecule has 2 saturated carbocycles. The van der Waals surface area contributed by atoms with Gasteiger partial charge in [-0.15, -0.1) is 3.89 Å². The lowest BCUT2D eigenvalue weighted by Gasteiger charge is -2.32. The van der Waals surface area contributed by atoms with Gasteiger partial charge in [0.2, 0.25) is 0 Å². The van der Waals surface area contributed by atoms with E-state index >= 15 is 0 Å². The number of benzene rings is 3. The molecule has 1 aromatic heterocycles. The van der Waals surface area contributed by atoms with Gasteiger partial charge in [-0.25, -0.2) is 4.79 Å². The van der Waals surface area contributed by atoms with Crippen LogP contribution in [0.2, 0.25) is 0 Å². The van der Waals surface area contributed by atoms with E-state index in [9.17, 15) is 18.3 Å². The summed E-state index contributed by atoms with van der Waals surface area (Å²) in [5.74, 6) is 0.428. The Labute approximate surface area is 241 Å². The van der Waals surface area contributed by atoms with E-state index in [1.807, 2.05) is 24.3 Å². The van der Waals surface area contributed by atoms with Crippen molar-refractivity contribution in [3.8, 4) is 5.75 Å². The molecular weight excluding hydrogens is 534 g/mol. The van der Waals surface area contributed by atoms with Gasteiger partial charge in [-0.1, -0.05) is 73.5 Å². The quantitative estimate of drug-likeness (QED) is 0.213. The SMILES string of the molecule is C[N+](c1ccccc1)(c1c(O)cc(C2(CCc3ccccc3)CCCC2)oc1=O)S(=O)(=O)c1cccc(C2CC2)c1. The smallest absolute Gasteiger partial charge is 0.403 e. The van der Waals surface area contributed by atoms with E-state index in [1.54, 1.807) is 48.5 Å². The average molecular weight is 571 g/mol. The summed E-state index contributed by atoms with van der Waals surface area (Å²) in [5.41, 5.74) is 0.971. The van der Waals surface area contributed by atoms with E-state index in [-0.39, 0.29) is 16.3 Å². The highest BCUT2D eigenvalue weighted by Crippen LogP contribution is 2.48. The monoisotopic (exact) mass is 570 g/mol. The summed E-state index contributed by atoms with van der Waals surface area (Å²) in [6.45, 7) is 0. The van der Waals surface area contributed by atoms with Gasteiger partial charge in [-0.05, 0) is 67.7 Å². The van der Waals surface area contributed by atoms with Crippen LogP contribution in [0.5, 0.6) is 5.75 Å². The maximum absolute atomic E-state index is 14.5. The van der Waals surface area contributed by atoms with Crippen LogP contribution in [-0.4, -0.2) is 20.6 Å². The highest BCUT2D eigenvalue weighted by atomic mass is 32.2. The molecule has 4 aromatic rings. The Morgan fingerprint density at radius 1 is 0.902 bits per heavy atom. The third-order valence-electron chi connectivity index (χ3n) is 9.09. The zero-order valence-electron chi connectivity index (χ0n) is 23.3. The Bertz CT molecular complexity index is 1710. The molecule has 41 heavy (non-hydrogen) atoms.